The molecule has 0 unspecified atom stereocenters. The summed E-state index contributed by atoms with van der Waals surface area (Å²) in [6, 6.07) is 0. The fourth-order valence-corrected chi connectivity index (χ4v) is 3.54. The highest BCUT2D eigenvalue weighted by molar-refractivity contribution is 14.0. The van der Waals surface area contributed by atoms with Crippen LogP contribution < -0.4 is 5.32 Å². The normalized spacial score (nSPS) is 20.8. The number of rotatable bonds is 5. The zero-order chi connectivity index (χ0) is 15.2. The molecule has 0 aliphatic carbocycles. The van der Waals surface area contributed by atoms with Gasteiger partial charge >= 0.3 is 0 Å². The van der Waals surface area contributed by atoms with Crippen molar-refractivity contribution >= 4 is 39.8 Å². The Hall–Kier alpha value is -0.0900. The molecule has 1 saturated heterocycles. The Labute approximate surface area is 145 Å². The van der Waals surface area contributed by atoms with E-state index in [9.17, 15) is 8.42 Å². The predicted octanol–water partition coefficient (Wildman–Crippen LogP) is 1.12. The number of guanidine groups is 1. The molecule has 0 amide bonds. The first-order chi connectivity index (χ1) is 9.34. The largest absolute Gasteiger partial charge is 0.382 e. The zero-order valence-electron chi connectivity index (χ0n) is 13.4. The number of sulfone groups is 1. The van der Waals surface area contributed by atoms with Gasteiger partial charge in [0.1, 0.15) is 0 Å². The molecule has 1 aliphatic rings. The third-order valence-corrected chi connectivity index (χ3v) is 6.04. The maximum absolute atomic E-state index is 12.0. The number of halogens is 1. The molecule has 0 atom stereocenters. The van der Waals surface area contributed by atoms with Crippen molar-refractivity contribution < 1.29 is 13.2 Å². The van der Waals surface area contributed by atoms with Crippen LogP contribution in [0.3, 0.4) is 0 Å². The quantitative estimate of drug-likeness (QED) is 0.305. The van der Waals surface area contributed by atoms with Gasteiger partial charge in [-0.2, -0.15) is 0 Å². The first-order valence-corrected chi connectivity index (χ1v) is 8.75. The Bertz CT molecular complexity index is 438. The maximum Gasteiger partial charge on any atom is 0.193 e. The van der Waals surface area contributed by atoms with Crippen LogP contribution in [0, 0.1) is 0 Å². The highest BCUT2D eigenvalue weighted by Crippen LogP contribution is 2.23. The molecule has 8 heteroatoms. The Balaban J connectivity index is 0.00000400. The molecule has 0 aromatic rings. The van der Waals surface area contributed by atoms with Crippen LogP contribution in [0.5, 0.6) is 0 Å². The van der Waals surface area contributed by atoms with Crippen molar-refractivity contribution in [1.82, 2.24) is 10.2 Å². The fourth-order valence-electron chi connectivity index (χ4n) is 2.18. The average molecular weight is 433 g/mol. The fraction of sp³-hybridized carbons (Fsp3) is 0.923. The molecule has 6 nitrogen and oxygen atoms in total. The van der Waals surface area contributed by atoms with Gasteiger partial charge in [0.25, 0.3) is 0 Å². The lowest BCUT2D eigenvalue weighted by Gasteiger charge is -2.39. The van der Waals surface area contributed by atoms with E-state index in [4.69, 9.17) is 4.74 Å². The number of nitrogens with one attached hydrogen (secondary N) is 1. The third kappa shape index (κ3) is 5.90. The van der Waals surface area contributed by atoms with Gasteiger partial charge in [0, 0.05) is 39.9 Å². The van der Waals surface area contributed by atoms with E-state index < -0.39 is 14.6 Å². The lowest BCUT2D eigenvalue weighted by atomic mass is 10.2. The van der Waals surface area contributed by atoms with Crippen molar-refractivity contribution in [1.29, 1.82) is 0 Å². The van der Waals surface area contributed by atoms with E-state index in [0.29, 0.717) is 13.1 Å². The van der Waals surface area contributed by atoms with E-state index in [1.165, 1.54) is 0 Å². The van der Waals surface area contributed by atoms with Crippen LogP contribution in [0.15, 0.2) is 4.99 Å². The second kappa shape index (κ2) is 9.14. The molecule has 0 saturated carbocycles. The Morgan fingerprint density at radius 2 is 2.10 bits per heavy atom. The van der Waals surface area contributed by atoms with Crippen molar-refractivity contribution in [2.24, 2.45) is 4.99 Å². The van der Waals surface area contributed by atoms with Crippen LogP contribution in [0.4, 0.5) is 0 Å². The summed E-state index contributed by atoms with van der Waals surface area (Å²) in [6.45, 7) is 8.72. The Kier molecular flexibility index (Phi) is 9.10. The van der Waals surface area contributed by atoms with Crippen molar-refractivity contribution in [3.63, 3.8) is 0 Å². The van der Waals surface area contributed by atoms with E-state index in [1.807, 2.05) is 11.8 Å². The minimum absolute atomic E-state index is 0. The van der Waals surface area contributed by atoms with Gasteiger partial charge in [-0.15, -0.1) is 24.0 Å². The van der Waals surface area contributed by atoms with Crippen LogP contribution >= 0.6 is 24.0 Å². The molecule has 1 heterocycles. The summed E-state index contributed by atoms with van der Waals surface area (Å²) in [4.78, 5) is 6.25. The lowest BCUT2D eigenvalue weighted by molar-refractivity contribution is 0.145. The Morgan fingerprint density at radius 3 is 2.62 bits per heavy atom. The van der Waals surface area contributed by atoms with Crippen molar-refractivity contribution in [2.45, 2.75) is 31.9 Å². The van der Waals surface area contributed by atoms with E-state index in [-0.39, 0.29) is 29.7 Å². The van der Waals surface area contributed by atoms with Gasteiger partial charge in [-0.25, -0.2) is 8.42 Å². The zero-order valence-corrected chi connectivity index (χ0v) is 16.5. The first-order valence-electron chi connectivity index (χ1n) is 7.09. The molecule has 1 fully saturated rings. The molecule has 1 N–H and O–H groups in total. The smallest absolute Gasteiger partial charge is 0.193 e. The molecule has 21 heavy (non-hydrogen) atoms. The summed E-state index contributed by atoms with van der Waals surface area (Å²) in [5.74, 6) is 0.948. The molecule has 126 valence electrons. The predicted molar refractivity (Wildman–Crippen MR) is 97.3 cm³/mol. The lowest BCUT2D eigenvalue weighted by Crippen LogP contribution is -2.57. The van der Waals surface area contributed by atoms with E-state index in [1.54, 1.807) is 20.9 Å². The molecular weight excluding hydrogens is 405 g/mol. The van der Waals surface area contributed by atoms with Gasteiger partial charge < -0.3 is 15.0 Å². The highest BCUT2D eigenvalue weighted by atomic mass is 127. The van der Waals surface area contributed by atoms with Gasteiger partial charge in [-0.3, -0.25) is 4.99 Å². The molecule has 0 radical (unpaired) electrons. The molecule has 0 aromatic heterocycles. The minimum Gasteiger partial charge on any atom is -0.382 e. The molecule has 1 aliphatic heterocycles. The van der Waals surface area contributed by atoms with Crippen LogP contribution in [0.25, 0.3) is 0 Å². The van der Waals surface area contributed by atoms with Crippen molar-refractivity contribution in [3.8, 4) is 0 Å². The Morgan fingerprint density at radius 1 is 1.43 bits per heavy atom. The van der Waals surface area contributed by atoms with Gasteiger partial charge in [0.2, 0.25) is 0 Å². The molecule has 0 spiro atoms. The van der Waals surface area contributed by atoms with Crippen LogP contribution in [-0.4, -0.2) is 69.7 Å². The summed E-state index contributed by atoms with van der Waals surface area (Å²) in [6.07, 6.45) is 0.905. The van der Waals surface area contributed by atoms with Crippen LogP contribution in [0.1, 0.15) is 27.2 Å². The van der Waals surface area contributed by atoms with Crippen LogP contribution in [0.2, 0.25) is 0 Å². The molecule has 0 bridgehead atoms. The number of nitrogens with zero attached hydrogens (tertiary/aromatic N) is 2. The van der Waals surface area contributed by atoms with E-state index >= 15 is 0 Å². The number of hydrogen-bond acceptors (Lipinski definition) is 4. The van der Waals surface area contributed by atoms with Gasteiger partial charge in [-0.1, -0.05) is 0 Å². The minimum atomic E-state index is -3.01. The number of ether oxygens (including phenoxy) is 1. The SMILES string of the molecule is CCOCCCNC(=NC)N1CCS(=O)(=O)C(C)(C)C1.I. The summed E-state index contributed by atoms with van der Waals surface area (Å²) in [5.41, 5.74) is 0. The van der Waals surface area contributed by atoms with E-state index in [2.05, 4.69) is 10.3 Å². The maximum atomic E-state index is 12.0. The topological polar surface area (TPSA) is 71.0 Å². The average Bonchev–Trinajstić information content (AvgIpc) is 2.37. The van der Waals surface area contributed by atoms with Gasteiger partial charge in [0.15, 0.2) is 15.8 Å². The molecule has 0 aromatic carbocycles. The van der Waals surface area contributed by atoms with Crippen LogP contribution in [-0.2, 0) is 14.6 Å². The second-order valence-electron chi connectivity index (χ2n) is 5.52. The molecule has 1 rings (SSSR count). The first kappa shape index (κ1) is 20.9. The number of hydrogen-bond donors (Lipinski definition) is 1. The van der Waals surface area contributed by atoms with E-state index in [0.717, 1.165) is 32.1 Å². The monoisotopic (exact) mass is 433 g/mol. The number of aliphatic imine (C=N–C) groups is 1. The molecular formula is C13H28IN3O3S. The standard InChI is InChI=1S/C13H27N3O3S.HI/c1-5-19-9-6-7-15-12(14-4)16-8-10-20(17,18)13(2,3)11-16;/h5-11H2,1-4H3,(H,14,15);1H. The highest BCUT2D eigenvalue weighted by Gasteiger charge is 2.40. The summed E-state index contributed by atoms with van der Waals surface area (Å²) in [5, 5.41) is 3.26. The van der Waals surface area contributed by atoms with Crippen molar-refractivity contribution in [2.75, 3.05) is 45.6 Å². The van der Waals surface area contributed by atoms with Crippen molar-refractivity contribution in [3.05, 3.63) is 0 Å². The van der Waals surface area contributed by atoms with Gasteiger partial charge in [0.05, 0.1) is 10.5 Å². The second-order valence-corrected chi connectivity index (χ2v) is 8.27. The van der Waals surface area contributed by atoms with Gasteiger partial charge in [-0.05, 0) is 27.2 Å². The third-order valence-electron chi connectivity index (χ3n) is 3.51. The summed E-state index contributed by atoms with van der Waals surface area (Å²) in [7, 11) is -1.29. The summed E-state index contributed by atoms with van der Waals surface area (Å²) < 4.78 is 28.5. The summed E-state index contributed by atoms with van der Waals surface area (Å²) >= 11 is 0.